The minimum Gasteiger partial charge on any atom is -0.465 e. The first-order valence-corrected chi connectivity index (χ1v) is 8.82. The number of carbonyl (C=O) groups is 1. The van der Waals surface area contributed by atoms with Gasteiger partial charge in [-0.2, -0.15) is 4.31 Å². The standard InChI is InChI=1S/C13H17BrN2O4S/c1-2-20-13(17)8-16(9-3-4-9)21(18,19)10-5-6-12(15)11(14)7-10/h5-7,9H,2-4,8,15H2,1H3. The topological polar surface area (TPSA) is 89.7 Å². The minimum absolute atomic E-state index is 0.111. The highest BCUT2D eigenvalue weighted by molar-refractivity contribution is 9.10. The largest absolute Gasteiger partial charge is 0.465 e. The molecule has 6 nitrogen and oxygen atoms in total. The number of carbonyl (C=O) groups excluding carboxylic acids is 1. The molecule has 0 spiro atoms. The molecule has 0 amide bonds. The Hall–Kier alpha value is -1.12. The molecule has 1 saturated carbocycles. The second-order valence-electron chi connectivity index (χ2n) is 4.77. The Morgan fingerprint density at radius 1 is 1.48 bits per heavy atom. The highest BCUT2D eigenvalue weighted by Crippen LogP contribution is 2.33. The van der Waals surface area contributed by atoms with Crippen molar-refractivity contribution < 1.29 is 17.9 Å². The summed E-state index contributed by atoms with van der Waals surface area (Å²) in [5, 5.41) is 0. The van der Waals surface area contributed by atoms with Crippen LogP contribution in [0.15, 0.2) is 27.6 Å². The lowest BCUT2D eigenvalue weighted by atomic mass is 10.3. The van der Waals surface area contributed by atoms with Crippen molar-refractivity contribution in [2.24, 2.45) is 0 Å². The Bertz CT molecular complexity index is 644. The first kappa shape index (κ1) is 16.3. The molecule has 1 aliphatic carbocycles. The number of nitrogen functional groups attached to an aromatic ring is 1. The maximum Gasteiger partial charge on any atom is 0.321 e. The van der Waals surface area contributed by atoms with E-state index in [4.69, 9.17) is 10.5 Å². The molecule has 116 valence electrons. The smallest absolute Gasteiger partial charge is 0.321 e. The van der Waals surface area contributed by atoms with Gasteiger partial charge >= 0.3 is 5.97 Å². The first-order chi connectivity index (χ1) is 9.86. The van der Waals surface area contributed by atoms with Crippen LogP contribution in [-0.4, -0.2) is 37.9 Å². The molecule has 2 N–H and O–H groups in total. The lowest BCUT2D eigenvalue weighted by Crippen LogP contribution is -2.38. The van der Waals surface area contributed by atoms with Gasteiger partial charge in [0, 0.05) is 16.2 Å². The van der Waals surface area contributed by atoms with Gasteiger partial charge in [0.2, 0.25) is 10.0 Å². The van der Waals surface area contributed by atoms with E-state index in [1.807, 2.05) is 0 Å². The molecule has 21 heavy (non-hydrogen) atoms. The van der Waals surface area contributed by atoms with Crippen molar-refractivity contribution in [1.29, 1.82) is 0 Å². The van der Waals surface area contributed by atoms with Gasteiger partial charge in [-0.3, -0.25) is 4.79 Å². The number of nitrogens with zero attached hydrogens (tertiary/aromatic N) is 1. The van der Waals surface area contributed by atoms with Gasteiger partial charge in [-0.15, -0.1) is 0 Å². The highest BCUT2D eigenvalue weighted by atomic mass is 79.9. The summed E-state index contributed by atoms with van der Waals surface area (Å²) in [6.45, 7) is 1.65. The van der Waals surface area contributed by atoms with Gasteiger partial charge in [0.1, 0.15) is 6.54 Å². The van der Waals surface area contributed by atoms with Gasteiger partial charge in [0.15, 0.2) is 0 Å². The first-order valence-electron chi connectivity index (χ1n) is 6.58. The number of ether oxygens (including phenoxy) is 1. The van der Waals surface area contributed by atoms with Crippen LogP contribution >= 0.6 is 15.9 Å². The quantitative estimate of drug-likeness (QED) is 0.603. The number of sulfonamides is 1. The lowest BCUT2D eigenvalue weighted by molar-refractivity contribution is -0.143. The normalized spacial score (nSPS) is 15.2. The van der Waals surface area contributed by atoms with Crippen LogP contribution in [0.1, 0.15) is 19.8 Å². The summed E-state index contributed by atoms with van der Waals surface area (Å²) in [5.74, 6) is -0.539. The number of benzene rings is 1. The maximum atomic E-state index is 12.7. The maximum absolute atomic E-state index is 12.7. The van der Waals surface area contributed by atoms with Crippen molar-refractivity contribution >= 4 is 37.6 Å². The van der Waals surface area contributed by atoms with Gasteiger partial charge in [-0.05, 0) is 53.9 Å². The number of esters is 1. The Morgan fingerprint density at radius 3 is 2.67 bits per heavy atom. The number of rotatable bonds is 6. The number of anilines is 1. The predicted octanol–water partition coefficient (Wildman–Crippen LogP) is 1.75. The number of hydrogen-bond acceptors (Lipinski definition) is 5. The Morgan fingerprint density at radius 2 is 2.14 bits per heavy atom. The molecule has 8 heteroatoms. The SMILES string of the molecule is CCOC(=O)CN(C1CC1)S(=O)(=O)c1ccc(N)c(Br)c1. The van der Waals surface area contributed by atoms with Crippen molar-refractivity contribution in [3.63, 3.8) is 0 Å². The van der Waals surface area contributed by atoms with Crippen molar-refractivity contribution in [3.05, 3.63) is 22.7 Å². The van der Waals surface area contributed by atoms with E-state index < -0.39 is 16.0 Å². The van der Waals surface area contributed by atoms with Crippen LogP contribution in [0.25, 0.3) is 0 Å². The number of hydrogen-bond donors (Lipinski definition) is 1. The summed E-state index contributed by atoms with van der Waals surface area (Å²) in [6, 6.07) is 4.28. The molecule has 0 atom stereocenters. The predicted molar refractivity (Wildman–Crippen MR) is 82.1 cm³/mol. The molecule has 1 aromatic rings. The van der Waals surface area contributed by atoms with Crippen LogP contribution in [0, 0.1) is 0 Å². The van der Waals surface area contributed by atoms with Crippen molar-refractivity contribution in [1.82, 2.24) is 4.31 Å². The van der Waals surface area contributed by atoms with Gasteiger partial charge < -0.3 is 10.5 Å². The molecule has 0 heterocycles. The van der Waals surface area contributed by atoms with E-state index in [-0.39, 0.29) is 24.1 Å². The monoisotopic (exact) mass is 376 g/mol. The van der Waals surface area contributed by atoms with Gasteiger partial charge in [0.05, 0.1) is 11.5 Å². The summed E-state index contributed by atoms with van der Waals surface area (Å²) in [7, 11) is -3.74. The van der Waals surface area contributed by atoms with E-state index in [1.165, 1.54) is 22.5 Å². The zero-order valence-corrected chi connectivity index (χ0v) is 14.0. The summed E-state index contributed by atoms with van der Waals surface area (Å²) in [5.41, 5.74) is 6.13. The van der Waals surface area contributed by atoms with Crippen molar-refractivity contribution in [2.75, 3.05) is 18.9 Å². The second kappa shape index (κ2) is 6.33. The number of halogens is 1. The molecule has 0 bridgehead atoms. The molecule has 1 aromatic carbocycles. The second-order valence-corrected chi connectivity index (χ2v) is 7.51. The fourth-order valence-electron chi connectivity index (χ4n) is 1.91. The molecular formula is C13H17BrN2O4S. The van der Waals surface area contributed by atoms with E-state index in [0.717, 1.165) is 12.8 Å². The van der Waals surface area contributed by atoms with Crippen LogP contribution < -0.4 is 5.73 Å². The third-order valence-electron chi connectivity index (χ3n) is 3.12. The molecule has 0 aromatic heterocycles. The van der Waals surface area contributed by atoms with E-state index in [0.29, 0.717) is 10.2 Å². The summed E-state index contributed by atoms with van der Waals surface area (Å²) in [4.78, 5) is 11.7. The molecular weight excluding hydrogens is 360 g/mol. The molecule has 0 saturated heterocycles. The van der Waals surface area contributed by atoms with E-state index in [9.17, 15) is 13.2 Å². The summed E-state index contributed by atoms with van der Waals surface area (Å²) >= 11 is 3.22. The Labute approximate surface area is 132 Å². The fraction of sp³-hybridized carbons (Fsp3) is 0.462. The zero-order chi connectivity index (χ0) is 15.6. The minimum atomic E-state index is -3.74. The summed E-state index contributed by atoms with van der Waals surface area (Å²) < 4.78 is 31.9. The van der Waals surface area contributed by atoms with Crippen LogP contribution in [-0.2, 0) is 19.6 Å². The molecule has 0 aliphatic heterocycles. The molecule has 2 rings (SSSR count). The van der Waals surface area contributed by atoms with E-state index in [1.54, 1.807) is 6.92 Å². The third kappa shape index (κ3) is 3.75. The Kier molecular flexibility index (Phi) is 4.90. The van der Waals surface area contributed by atoms with Crippen LogP contribution in [0.3, 0.4) is 0 Å². The highest BCUT2D eigenvalue weighted by Gasteiger charge is 2.39. The van der Waals surface area contributed by atoms with Gasteiger partial charge in [-0.25, -0.2) is 8.42 Å². The number of nitrogens with two attached hydrogens (primary N) is 1. The zero-order valence-electron chi connectivity index (χ0n) is 11.6. The summed E-state index contributed by atoms with van der Waals surface area (Å²) in [6.07, 6.45) is 1.52. The average Bonchev–Trinajstić information content (AvgIpc) is 3.23. The van der Waals surface area contributed by atoms with Gasteiger partial charge in [0.25, 0.3) is 0 Å². The molecule has 0 radical (unpaired) electrons. The fourth-order valence-corrected chi connectivity index (χ4v) is 4.10. The molecule has 1 fully saturated rings. The van der Waals surface area contributed by atoms with Crippen LogP contribution in [0.4, 0.5) is 5.69 Å². The van der Waals surface area contributed by atoms with Crippen LogP contribution in [0.2, 0.25) is 0 Å². The van der Waals surface area contributed by atoms with Crippen LogP contribution in [0.5, 0.6) is 0 Å². The lowest BCUT2D eigenvalue weighted by Gasteiger charge is -2.21. The van der Waals surface area contributed by atoms with E-state index >= 15 is 0 Å². The third-order valence-corrected chi connectivity index (χ3v) is 5.70. The Balaban J connectivity index is 2.29. The molecule has 1 aliphatic rings. The molecule has 0 unspecified atom stereocenters. The van der Waals surface area contributed by atoms with Crippen molar-refractivity contribution in [3.8, 4) is 0 Å². The average molecular weight is 377 g/mol. The van der Waals surface area contributed by atoms with Crippen molar-refractivity contribution in [2.45, 2.75) is 30.7 Å². The van der Waals surface area contributed by atoms with E-state index in [2.05, 4.69) is 15.9 Å². The van der Waals surface area contributed by atoms with Gasteiger partial charge in [-0.1, -0.05) is 0 Å².